The average molecular weight is 332 g/mol. The molecule has 6 nitrogen and oxygen atoms in total. The van der Waals surface area contributed by atoms with E-state index in [4.69, 9.17) is 4.74 Å². The number of amides is 2. The number of benzene rings is 1. The quantitative estimate of drug-likeness (QED) is 0.791. The highest BCUT2D eigenvalue weighted by atomic mass is 32.1. The Balaban J connectivity index is 1.82. The highest BCUT2D eigenvalue weighted by Crippen LogP contribution is 2.11. The molecular formula is C16H16N2O4S. The number of rotatable bonds is 6. The molecule has 120 valence electrons. The number of nitrogens with one attached hydrogen (secondary N) is 2. The first-order chi connectivity index (χ1) is 11.1. The van der Waals surface area contributed by atoms with Gasteiger partial charge in [-0.25, -0.2) is 0 Å². The van der Waals surface area contributed by atoms with Gasteiger partial charge in [0.05, 0.1) is 6.42 Å². The average Bonchev–Trinajstić information content (AvgIpc) is 3.05. The van der Waals surface area contributed by atoms with Crippen LogP contribution in [0, 0.1) is 0 Å². The van der Waals surface area contributed by atoms with Crippen LogP contribution in [0.3, 0.4) is 0 Å². The maximum Gasteiger partial charge on any atom is 0.310 e. The van der Waals surface area contributed by atoms with Crippen LogP contribution in [0.2, 0.25) is 0 Å². The third-order valence-corrected chi connectivity index (χ3v) is 3.66. The van der Waals surface area contributed by atoms with Crippen molar-refractivity contribution in [2.75, 3.05) is 19.0 Å². The molecule has 1 aromatic carbocycles. The smallest absolute Gasteiger partial charge is 0.310 e. The van der Waals surface area contributed by atoms with Crippen molar-refractivity contribution in [2.45, 2.75) is 6.42 Å². The van der Waals surface area contributed by atoms with E-state index in [1.807, 2.05) is 16.8 Å². The van der Waals surface area contributed by atoms with Crippen molar-refractivity contribution >= 4 is 34.8 Å². The highest BCUT2D eigenvalue weighted by Gasteiger charge is 2.10. The molecule has 0 spiro atoms. The number of ether oxygens (including phenoxy) is 1. The zero-order chi connectivity index (χ0) is 16.7. The molecule has 0 saturated carbocycles. The van der Waals surface area contributed by atoms with Gasteiger partial charge < -0.3 is 15.4 Å². The molecule has 2 aromatic rings. The largest absolute Gasteiger partial charge is 0.455 e. The SMILES string of the molecule is CNC(=O)c1cccc(NC(=O)COC(=O)Cc2ccsc2)c1. The number of esters is 1. The molecule has 23 heavy (non-hydrogen) atoms. The maximum atomic E-state index is 11.8. The second kappa shape index (κ2) is 8.09. The molecule has 0 fully saturated rings. The summed E-state index contributed by atoms with van der Waals surface area (Å²) in [5.41, 5.74) is 1.75. The fraction of sp³-hybridized carbons (Fsp3) is 0.188. The van der Waals surface area contributed by atoms with E-state index in [1.54, 1.807) is 24.3 Å². The molecule has 1 heterocycles. The molecule has 0 atom stereocenters. The van der Waals surface area contributed by atoms with E-state index < -0.39 is 11.9 Å². The molecule has 0 aliphatic rings. The summed E-state index contributed by atoms with van der Waals surface area (Å²) in [4.78, 5) is 34.9. The van der Waals surface area contributed by atoms with Gasteiger partial charge in [0.1, 0.15) is 0 Å². The van der Waals surface area contributed by atoms with Crippen LogP contribution in [0.4, 0.5) is 5.69 Å². The van der Waals surface area contributed by atoms with Crippen LogP contribution in [0.5, 0.6) is 0 Å². The lowest BCUT2D eigenvalue weighted by Crippen LogP contribution is -2.22. The molecule has 1 aromatic heterocycles. The van der Waals surface area contributed by atoms with Crippen LogP contribution in [-0.4, -0.2) is 31.4 Å². The molecule has 2 amide bonds. The first kappa shape index (κ1) is 16.7. The van der Waals surface area contributed by atoms with Crippen molar-refractivity contribution in [3.8, 4) is 0 Å². The number of hydrogen-bond donors (Lipinski definition) is 2. The van der Waals surface area contributed by atoms with Gasteiger partial charge in [0.15, 0.2) is 6.61 Å². The van der Waals surface area contributed by atoms with Crippen LogP contribution in [0.15, 0.2) is 41.1 Å². The predicted molar refractivity (Wildman–Crippen MR) is 87.4 cm³/mol. The molecule has 7 heteroatoms. The molecule has 0 bridgehead atoms. The van der Waals surface area contributed by atoms with Crippen molar-refractivity contribution in [1.82, 2.24) is 5.32 Å². The standard InChI is InChI=1S/C16H16N2O4S/c1-17-16(21)12-3-2-4-13(8-12)18-14(19)9-22-15(20)7-11-5-6-23-10-11/h2-6,8,10H,7,9H2,1H3,(H,17,21)(H,18,19). The Morgan fingerprint density at radius 3 is 2.74 bits per heavy atom. The summed E-state index contributed by atoms with van der Waals surface area (Å²) in [6.45, 7) is -0.368. The molecule has 0 unspecified atom stereocenters. The molecule has 0 radical (unpaired) electrons. The molecule has 0 aliphatic carbocycles. The first-order valence-corrected chi connectivity index (χ1v) is 7.81. The number of hydrogen-bond acceptors (Lipinski definition) is 5. The second-order valence-corrected chi connectivity index (χ2v) is 5.46. The normalized spacial score (nSPS) is 9.96. The minimum atomic E-state index is -0.460. The fourth-order valence-electron chi connectivity index (χ4n) is 1.84. The summed E-state index contributed by atoms with van der Waals surface area (Å²) in [5, 5.41) is 8.81. The minimum absolute atomic E-state index is 0.142. The Hall–Kier alpha value is -2.67. The molecule has 2 N–H and O–H groups in total. The summed E-state index contributed by atoms with van der Waals surface area (Å²) in [6.07, 6.45) is 0.142. The fourth-order valence-corrected chi connectivity index (χ4v) is 2.51. The van der Waals surface area contributed by atoms with Crippen LogP contribution in [0.25, 0.3) is 0 Å². The van der Waals surface area contributed by atoms with Gasteiger partial charge in [-0.05, 0) is 40.6 Å². The van der Waals surface area contributed by atoms with E-state index in [0.717, 1.165) is 5.56 Å². The van der Waals surface area contributed by atoms with E-state index >= 15 is 0 Å². The molecule has 0 saturated heterocycles. The summed E-state index contributed by atoms with van der Waals surface area (Å²) >= 11 is 1.49. The van der Waals surface area contributed by atoms with E-state index in [0.29, 0.717) is 11.3 Å². The third-order valence-electron chi connectivity index (χ3n) is 2.93. The van der Waals surface area contributed by atoms with Gasteiger partial charge in [-0.15, -0.1) is 0 Å². The molecule has 0 aliphatic heterocycles. The van der Waals surface area contributed by atoms with Crippen LogP contribution in [0.1, 0.15) is 15.9 Å². The van der Waals surface area contributed by atoms with Crippen molar-refractivity contribution in [1.29, 1.82) is 0 Å². The first-order valence-electron chi connectivity index (χ1n) is 6.87. The van der Waals surface area contributed by atoms with E-state index in [1.165, 1.54) is 18.4 Å². The third kappa shape index (κ3) is 5.23. The number of carbonyl (C=O) groups is 3. The maximum absolute atomic E-state index is 11.8. The van der Waals surface area contributed by atoms with Crippen molar-refractivity contribution in [3.63, 3.8) is 0 Å². The number of anilines is 1. The van der Waals surface area contributed by atoms with Gasteiger partial charge in [0.25, 0.3) is 11.8 Å². The van der Waals surface area contributed by atoms with Gasteiger partial charge in [-0.3, -0.25) is 14.4 Å². The second-order valence-electron chi connectivity index (χ2n) is 4.68. The summed E-state index contributed by atoms with van der Waals surface area (Å²) < 4.78 is 4.92. The number of thiophene rings is 1. The van der Waals surface area contributed by atoms with Gasteiger partial charge in [-0.1, -0.05) is 6.07 Å². The zero-order valence-corrected chi connectivity index (χ0v) is 13.3. The highest BCUT2D eigenvalue weighted by molar-refractivity contribution is 7.07. The van der Waals surface area contributed by atoms with Gasteiger partial charge in [-0.2, -0.15) is 11.3 Å². The lowest BCUT2D eigenvalue weighted by Gasteiger charge is -2.07. The Bertz CT molecular complexity index is 698. The van der Waals surface area contributed by atoms with Crippen LogP contribution in [-0.2, 0) is 20.7 Å². The van der Waals surface area contributed by atoms with Crippen LogP contribution >= 0.6 is 11.3 Å². The van der Waals surface area contributed by atoms with Gasteiger partial charge in [0, 0.05) is 18.3 Å². The van der Waals surface area contributed by atoms with Crippen LogP contribution < -0.4 is 10.6 Å². The Morgan fingerprint density at radius 2 is 2.04 bits per heavy atom. The van der Waals surface area contributed by atoms with Crippen molar-refractivity contribution < 1.29 is 19.1 Å². The van der Waals surface area contributed by atoms with Crippen molar-refractivity contribution in [2.24, 2.45) is 0 Å². The minimum Gasteiger partial charge on any atom is -0.455 e. The Morgan fingerprint density at radius 1 is 1.22 bits per heavy atom. The Kier molecular flexibility index (Phi) is 5.87. The lowest BCUT2D eigenvalue weighted by molar-refractivity contribution is -0.146. The zero-order valence-electron chi connectivity index (χ0n) is 12.5. The van der Waals surface area contributed by atoms with E-state index in [2.05, 4.69) is 10.6 Å². The van der Waals surface area contributed by atoms with Gasteiger partial charge >= 0.3 is 5.97 Å². The lowest BCUT2D eigenvalue weighted by atomic mass is 10.2. The molecular weight excluding hydrogens is 316 g/mol. The predicted octanol–water partition coefficient (Wildman–Crippen LogP) is 1.83. The molecule has 2 rings (SSSR count). The van der Waals surface area contributed by atoms with E-state index in [9.17, 15) is 14.4 Å². The van der Waals surface area contributed by atoms with Crippen molar-refractivity contribution in [3.05, 3.63) is 52.2 Å². The summed E-state index contributed by atoms with van der Waals surface area (Å²) in [5.74, 6) is -1.17. The topological polar surface area (TPSA) is 84.5 Å². The Labute approximate surface area is 137 Å². The number of carbonyl (C=O) groups excluding carboxylic acids is 3. The summed E-state index contributed by atoms with van der Waals surface area (Å²) in [7, 11) is 1.53. The monoisotopic (exact) mass is 332 g/mol. The van der Waals surface area contributed by atoms with Gasteiger partial charge in [0.2, 0.25) is 0 Å². The summed E-state index contributed by atoms with van der Waals surface area (Å²) in [6, 6.07) is 8.32. The van der Waals surface area contributed by atoms with E-state index in [-0.39, 0.29) is 18.9 Å².